The van der Waals surface area contributed by atoms with E-state index in [9.17, 15) is 9.90 Å². The molecule has 0 saturated carbocycles. The van der Waals surface area contributed by atoms with Crippen molar-refractivity contribution in [2.75, 3.05) is 31.6 Å². The predicted molar refractivity (Wildman–Crippen MR) is 91.4 cm³/mol. The molecule has 0 aromatic carbocycles. The number of amides is 1. The number of carbonyl (C=O) groups is 1. The lowest BCUT2D eigenvalue weighted by atomic mass is 9.92. The van der Waals surface area contributed by atoms with Crippen LogP contribution >= 0.6 is 0 Å². The second-order valence-corrected chi connectivity index (χ2v) is 6.70. The fourth-order valence-electron chi connectivity index (χ4n) is 3.24. The van der Waals surface area contributed by atoms with Crippen LogP contribution in [0.1, 0.15) is 34.8 Å². The molecule has 8 heteroatoms. The van der Waals surface area contributed by atoms with Gasteiger partial charge in [0.15, 0.2) is 6.39 Å². The van der Waals surface area contributed by atoms with Gasteiger partial charge in [-0.2, -0.15) is 0 Å². The van der Waals surface area contributed by atoms with Crippen LogP contribution in [0.25, 0.3) is 0 Å². The average Bonchev–Trinajstić information content (AvgIpc) is 2.99. The first-order valence-electron chi connectivity index (χ1n) is 8.29. The molecule has 1 unspecified atom stereocenters. The summed E-state index contributed by atoms with van der Waals surface area (Å²) < 4.78 is 5.16. The summed E-state index contributed by atoms with van der Waals surface area (Å²) in [5.74, 6) is 0.731. The number of piperidine rings is 1. The summed E-state index contributed by atoms with van der Waals surface area (Å²) in [5.41, 5.74) is 0.424. The van der Waals surface area contributed by atoms with Gasteiger partial charge in [0.2, 0.25) is 5.76 Å². The highest BCUT2D eigenvalue weighted by Gasteiger charge is 2.36. The number of anilines is 1. The van der Waals surface area contributed by atoms with Crippen molar-refractivity contribution in [3.8, 4) is 0 Å². The first kappa shape index (κ1) is 17.3. The second kappa shape index (κ2) is 6.79. The lowest BCUT2D eigenvalue weighted by molar-refractivity contribution is -0.000904. The van der Waals surface area contributed by atoms with E-state index in [-0.39, 0.29) is 18.2 Å². The predicted octanol–water partition coefficient (Wildman–Crippen LogP) is 1.18. The van der Waals surface area contributed by atoms with E-state index in [1.54, 1.807) is 14.0 Å². The molecule has 1 saturated heterocycles. The van der Waals surface area contributed by atoms with E-state index in [2.05, 4.69) is 15.0 Å². The molecule has 1 atom stereocenters. The van der Waals surface area contributed by atoms with Gasteiger partial charge in [-0.05, 0) is 26.7 Å². The summed E-state index contributed by atoms with van der Waals surface area (Å²) in [5, 5.41) is 11.0. The van der Waals surface area contributed by atoms with E-state index in [0.29, 0.717) is 18.7 Å². The van der Waals surface area contributed by atoms with Crippen LogP contribution < -0.4 is 4.90 Å². The number of carbonyl (C=O) groups excluding carboxylic acids is 1. The zero-order valence-electron chi connectivity index (χ0n) is 14.8. The standard InChI is InChI=1S/C17H23N5O3/c1-12-7-14(19-10-18-12)22-6-4-5-17(24,9-22)8-21(3)16(23)15-13(2)20-11-25-15/h7,10-11,24H,4-6,8-9H2,1-3H3. The van der Waals surface area contributed by atoms with Gasteiger partial charge in [0.1, 0.15) is 12.1 Å². The van der Waals surface area contributed by atoms with Crippen LogP contribution in [0, 0.1) is 13.8 Å². The highest BCUT2D eigenvalue weighted by molar-refractivity contribution is 5.92. The van der Waals surface area contributed by atoms with E-state index in [0.717, 1.165) is 24.5 Å². The zero-order valence-corrected chi connectivity index (χ0v) is 14.8. The van der Waals surface area contributed by atoms with Crippen molar-refractivity contribution in [1.29, 1.82) is 0 Å². The molecule has 0 aliphatic carbocycles. The van der Waals surface area contributed by atoms with Crippen molar-refractivity contribution in [3.63, 3.8) is 0 Å². The second-order valence-electron chi connectivity index (χ2n) is 6.70. The van der Waals surface area contributed by atoms with Crippen molar-refractivity contribution >= 4 is 11.7 Å². The third-order valence-corrected chi connectivity index (χ3v) is 4.49. The Morgan fingerprint density at radius 2 is 2.20 bits per heavy atom. The Hall–Kier alpha value is -2.48. The summed E-state index contributed by atoms with van der Waals surface area (Å²) in [6.45, 7) is 5.08. The van der Waals surface area contributed by atoms with Gasteiger partial charge in [0, 0.05) is 31.9 Å². The summed E-state index contributed by atoms with van der Waals surface area (Å²) in [6.07, 6.45) is 4.23. The first-order chi connectivity index (χ1) is 11.9. The molecule has 0 radical (unpaired) electrons. The monoisotopic (exact) mass is 345 g/mol. The van der Waals surface area contributed by atoms with Crippen LogP contribution in [0.5, 0.6) is 0 Å². The quantitative estimate of drug-likeness (QED) is 0.889. The van der Waals surface area contributed by atoms with Crippen molar-refractivity contribution in [2.45, 2.75) is 32.3 Å². The van der Waals surface area contributed by atoms with Crippen LogP contribution in [0.4, 0.5) is 5.82 Å². The minimum absolute atomic E-state index is 0.213. The minimum atomic E-state index is -1.00. The van der Waals surface area contributed by atoms with Gasteiger partial charge in [-0.1, -0.05) is 0 Å². The van der Waals surface area contributed by atoms with E-state index in [4.69, 9.17) is 4.42 Å². The number of oxazole rings is 1. The third kappa shape index (κ3) is 3.79. The zero-order chi connectivity index (χ0) is 18.0. The van der Waals surface area contributed by atoms with Crippen LogP contribution in [0.2, 0.25) is 0 Å². The van der Waals surface area contributed by atoms with Gasteiger partial charge in [-0.3, -0.25) is 4.79 Å². The minimum Gasteiger partial charge on any atom is -0.438 e. The Morgan fingerprint density at radius 3 is 2.88 bits per heavy atom. The largest absolute Gasteiger partial charge is 0.438 e. The molecule has 0 spiro atoms. The smallest absolute Gasteiger partial charge is 0.291 e. The number of nitrogens with zero attached hydrogens (tertiary/aromatic N) is 5. The van der Waals surface area contributed by atoms with Gasteiger partial charge >= 0.3 is 0 Å². The Labute approximate surface area is 146 Å². The van der Waals surface area contributed by atoms with Gasteiger partial charge in [-0.25, -0.2) is 15.0 Å². The fourth-order valence-corrected chi connectivity index (χ4v) is 3.24. The molecule has 1 fully saturated rings. The van der Waals surface area contributed by atoms with Crippen LogP contribution in [-0.2, 0) is 0 Å². The third-order valence-electron chi connectivity index (χ3n) is 4.49. The topological polar surface area (TPSA) is 95.6 Å². The fraction of sp³-hybridized carbons (Fsp3) is 0.529. The lowest BCUT2D eigenvalue weighted by Gasteiger charge is -2.41. The molecule has 2 aromatic rings. The molecule has 1 amide bonds. The Balaban J connectivity index is 1.70. The molecule has 25 heavy (non-hydrogen) atoms. The maximum atomic E-state index is 12.5. The highest BCUT2D eigenvalue weighted by Crippen LogP contribution is 2.26. The summed E-state index contributed by atoms with van der Waals surface area (Å²) in [4.78, 5) is 28.4. The number of aromatic nitrogens is 3. The maximum absolute atomic E-state index is 12.5. The summed E-state index contributed by atoms with van der Waals surface area (Å²) >= 11 is 0. The summed E-state index contributed by atoms with van der Waals surface area (Å²) in [7, 11) is 1.66. The average molecular weight is 345 g/mol. The van der Waals surface area contributed by atoms with Crippen LogP contribution in [-0.4, -0.2) is 63.1 Å². The number of aryl methyl sites for hydroxylation is 2. The van der Waals surface area contributed by atoms with Crippen LogP contribution in [0.15, 0.2) is 23.2 Å². The van der Waals surface area contributed by atoms with Crippen molar-refractivity contribution in [1.82, 2.24) is 19.9 Å². The number of β-amino-alcohol motifs (C(OH)–C–C–N with tert-alkyl or cyclic N) is 1. The Morgan fingerprint density at radius 1 is 1.40 bits per heavy atom. The van der Waals surface area contributed by atoms with Gasteiger partial charge in [0.25, 0.3) is 5.91 Å². The molecule has 1 N–H and O–H groups in total. The summed E-state index contributed by atoms with van der Waals surface area (Å²) in [6, 6.07) is 1.90. The number of likely N-dealkylation sites (N-methyl/N-ethyl adjacent to an activating group) is 1. The number of hydrogen-bond acceptors (Lipinski definition) is 7. The molecule has 3 heterocycles. The molecule has 1 aliphatic heterocycles. The Bertz CT molecular complexity index is 762. The van der Waals surface area contributed by atoms with E-state index < -0.39 is 5.60 Å². The van der Waals surface area contributed by atoms with Gasteiger partial charge in [-0.15, -0.1) is 0 Å². The normalized spacial score (nSPS) is 20.6. The highest BCUT2D eigenvalue weighted by atomic mass is 16.4. The number of rotatable bonds is 4. The van der Waals surface area contributed by atoms with Gasteiger partial charge in [0.05, 0.1) is 17.8 Å². The molecule has 1 aliphatic rings. The Kier molecular flexibility index (Phi) is 4.71. The maximum Gasteiger partial charge on any atom is 0.291 e. The van der Waals surface area contributed by atoms with E-state index in [1.165, 1.54) is 17.6 Å². The van der Waals surface area contributed by atoms with Gasteiger partial charge < -0.3 is 19.3 Å². The van der Waals surface area contributed by atoms with Crippen LogP contribution in [0.3, 0.4) is 0 Å². The van der Waals surface area contributed by atoms with Crippen molar-refractivity contribution in [2.24, 2.45) is 0 Å². The molecule has 2 aromatic heterocycles. The number of aliphatic hydroxyl groups is 1. The first-order valence-corrected chi connectivity index (χ1v) is 8.29. The lowest BCUT2D eigenvalue weighted by Crippen LogP contribution is -2.55. The molecule has 8 nitrogen and oxygen atoms in total. The van der Waals surface area contributed by atoms with E-state index >= 15 is 0 Å². The molecular weight excluding hydrogens is 322 g/mol. The molecule has 3 rings (SSSR count). The molecule has 134 valence electrons. The molecular formula is C17H23N5O3. The van der Waals surface area contributed by atoms with Crippen molar-refractivity contribution < 1.29 is 14.3 Å². The molecule has 0 bridgehead atoms. The SMILES string of the molecule is Cc1cc(N2CCCC(O)(CN(C)C(=O)c3ocnc3C)C2)ncn1. The number of hydrogen-bond donors (Lipinski definition) is 1. The van der Waals surface area contributed by atoms with E-state index in [1.807, 2.05) is 17.9 Å². The van der Waals surface area contributed by atoms with Crippen molar-refractivity contribution in [3.05, 3.63) is 35.9 Å².